The normalized spacial score (nSPS) is 14.4. The van der Waals surface area contributed by atoms with Gasteiger partial charge in [0.2, 0.25) is 5.91 Å². The average Bonchev–Trinajstić information content (AvgIpc) is 3.13. The number of hydrogen-bond donors (Lipinski definition) is 3. The Morgan fingerprint density at radius 3 is 2.11 bits per heavy atom. The second-order valence-corrected chi connectivity index (χ2v) is 8.34. The number of nitrogens with one attached hydrogen (secondary N) is 2. The van der Waals surface area contributed by atoms with Crippen LogP contribution in [-0.4, -0.2) is 48.4 Å². The molecule has 0 spiro atoms. The number of fused-ring (bicyclic) bond motifs is 3. The van der Waals surface area contributed by atoms with Gasteiger partial charge in [-0.15, -0.1) is 0 Å². The first kappa shape index (κ1) is 26.1. The molecule has 1 aliphatic carbocycles. The van der Waals surface area contributed by atoms with Crippen molar-refractivity contribution in [2.45, 2.75) is 44.3 Å². The first-order chi connectivity index (χ1) is 16.6. The lowest BCUT2D eigenvalue weighted by Gasteiger charge is -2.23. The summed E-state index contributed by atoms with van der Waals surface area (Å²) in [7, 11) is 0. The van der Waals surface area contributed by atoms with Crippen LogP contribution in [0.3, 0.4) is 0 Å². The fourth-order valence-electron chi connectivity index (χ4n) is 4.13. The van der Waals surface area contributed by atoms with E-state index in [0.717, 1.165) is 22.3 Å². The van der Waals surface area contributed by atoms with Gasteiger partial charge >= 0.3 is 18.2 Å². The summed E-state index contributed by atoms with van der Waals surface area (Å²) < 4.78 is 45.7. The third-order valence-electron chi connectivity index (χ3n) is 5.97. The summed E-state index contributed by atoms with van der Waals surface area (Å²) in [6.45, 7) is 0.616. The minimum Gasteiger partial charge on any atom is -0.480 e. The van der Waals surface area contributed by atoms with E-state index in [-0.39, 0.29) is 18.9 Å². The van der Waals surface area contributed by atoms with Gasteiger partial charge in [0.25, 0.3) is 0 Å². The third kappa shape index (κ3) is 6.32. The van der Waals surface area contributed by atoms with Crippen LogP contribution in [0.2, 0.25) is 0 Å². The molecule has 1 unspecified atom stereocenters. The van der Waals surface area contributed by atoms with E-state index in [9.17, 15) is 32.7 Å². The molecule has 10 heteroatoms. The summed E-state index contributed by atoms with van der Waals surface area (Å²) in [4.78, 5) is 35.7. The number of carboxylic acid groups (broad SMARTS) is 1. The summed E-state index contributed by atoms with van der Waals surface area (Å²) in [5.41, 5.74) is 3.89. The zero-order valence-electron chi connectivity index (χ0n) is 19.1. The monoisotopic (exact) mass is 492 g/mol. The van der Waals surface area contributed by atoms with Crippen LogP contribution in [0.5, 0.6) is 0 Å². The van der Waals surface area contributed by atoms with Gasteiger partial charge in [-0.1, -0.05) is 68.3 Å². The highest BCUT2D eigenvalue weighted by Crippen LogP contribution is 2.44. The maximum atomic E-state index is 13.5. The van der Waals surface area contributed by atoms with Gasteiger partial charge in [0.05, 0.1) is 0 Å². The molecule has 3 N–H and O–H groups in total. The van der Waals surface area contributed by atoms with Crippen molar-refractivity contribution in [2.75, 3.05) is 13.2 Å². The Kier molecular flexibility index (Phi) is 8.37. The van der Waals surface area contributed by atoms with Gasteiger partial charge in [-0.05, 0) is 28.7 Å². The van der Waals surface area contributed by atoms with Gasteiger partial charge in [0.1, 0.15) is 12.6 Å². The lowest BCUT2D eigenvalue weighted by molar-refractivity contribution is -0.182. The number of hydrogen-bond acceptors (Lipinski definition) is 4. The topological polar surface area (TPSA) is 105 Å². The highest BCUT2D eigenvalue weighted by Gasteiger charge is 2.46. The van der Waals surface area contributed by atoms with Crippen LogP contribution in [0.15, 0.2) is 48.5 Å². The van der Waals surface area contributed by atoms with Crippen LogP contribution in [0, 0.1) is 5.92 Å². The van der Waals surface area contributed by atoms with Crippen LogP contribution < -0.4 is 10.6 Å². The van der Waals surface area contributed by atoms with E-state index in [4.69, 9.17) is 4.74 Å². The number of carbonyl (C=O) groups excluding carboxylic acids is 2. The van der Waals surface area contributed by atoms with E-state index in [1.165, 1.54) is 0 Å². The Balaban J connectivity index is 1.61. The van der Waals surface area contributed by atoms with Crippen LogP contribution in [0.25, 0.3) is 11.1 Å². The Hall–Kier alpha value is -3.56. The van der Waals surface area contributed by atoms with Gasteiger partial charge in [0, 0.05) is 12.5 Å². The molecule has 0 aromatic heterocycles. The van der Waals surface area contributed by atoms with Crippen LogP contribution in [0.4, 0.5) is 18.0 Å². The lowest BCUT2D eigenvalue weighted by atomic mass is 9.98. The van der Waals surface area contributed by atoms with Crippen LogP contribution >= 0.6 is 0 Å². The summed E-state index contributed by atoms with van der Waals surface area (Å²) >= 11 is 0. The molecule has 1 aliphatic rings. The molecule has 0 heterocycles. The molecule has 2 aromatic rings. The SMILES string of the molecule is CCCC[C@H](NC(=O)C(CNC(=O)OCC1c2ccccc2-c2ccccc21)C(F)(F)F)C(=O)O. The predicted octanol–water partition coefficient (Wildman–Crippen LogP) is 4.46. The molecule has 0 aliphatic heterocycles. The summed E-state index contributed by atoms with van der Waals surface area (Å²) in [6.07, 6.45) is -5.05. The maximum absolute atomic E-state index is 13.5. The third-order valence-corrected chi connectivity index (χ3v) is 5.97. The van der Waals surface area contributed by atoms with Crippen molar-refractivity contribution in [3.8, 4) is 11.1 Å². The zero-order chi connectivity index (χ0) is 25.6. The number of alkyl carbamates (subject to hydrolysis) is 1. The highest BCUT2D eigenvalue weighted by molar-refractivity contribution is 5.86. The Morgan fingerprint density at radius 1 is 1.03 bits per heavy atom. The van der Waals surface area contributed by atoms with E-state index in [1.54, 1.807) is 6.92 Å². The van der Waals surface area contributed by atoms with Crippen LogP contribution in [0.1, 0.15) is 43.2 Å². The number of benzene rings is 2. The molecule has 0 fully saturated rings. The fraction of sp³-hybridized carbons (Fsp3) is 0.400. The number of ether oxygens (including phenoxy) is 1. The van der Waals surface area contributed by atoms with Crippen molar-refractivity contribution in [1.29, 1.82) is 0 Å². The maximum Gasteiger partial charge on any atom is 0.407 e. The molecule has 0 saturated heterocycles. The Bertz CT molecular complexity index is 1030. The van der Waals surface area contributed by atoms with Gasteiger partial charge < -0.3 is 20.5 Å². The molecule has 3 rings (SSSR count). The van der Waals surface area contributed by atoms with E-state index in [1.807, 2.05) is 59.2 Å². The van der Waals surface area contributed by atoms with Gasteiger partial charge in [-0.25, -0.2) is 9.59 Å². The molecule has 35 heavy (non-hydrogen) atoms. The zero-order valence-corrected chi connectivity index (χ0v) is 19.1. The van der Waals surface area contributed by atoms with Crippen molar-refractivity contribution >= 4 is 18.0 Å². The van der Waals surface area contributed by atoms with Crippen LogP contribution in [-0.2, 0) is 14.3 Å². The van der Waals surface area contributed by atoms with Crippen molar-refractivity contribution in [3.63, 3.8) is 0 Å². The number of amides is 2. The number of alkyl halides is 3. The Morgan fingerprint density at radius 2 is 1.60 bits per heavy atom. The van der Waals surface area contributed by atoms with E-state index in [0.29, 0.717) is 12.8 Å². The quantitative estimate of drug-likeness (QED) is 0.454. The molecule has 7 nitrogen and oxygen atoms in total. The largest absolute Gasteiger partial charge is 0.480 e. The number of rotatable bonds is 10. The van der Waals surface area contributed by atoms with Crippen molar-refractivity contribution in [1.82, 2.24) is 10.6 Å². The minimum atomic E-state index is -4.99. The summed E-state index contributed by atoms with van der Waals surface area (Å²) in [6, 6.07) is 13.8. The molecule has 2 aromatic carbocycles. The number of carboxylic acids is 1. The number of carbonyl (C=O) groups is 3. The van der Waals surface area contributed by atoms with Gasteiger partial charge in [-0.3, -0.25) is 4.79 Å². The number of aliphatic carboxylic acids is 1. The van der Waals surface area contributed by atoms with Gasteiger partial charge in [-0.2, -0.15) is 13.2 Å². The standard InChI is InChI=1S/C25H27F3N2O5/c1-2-3-12-21(23(32)33)30-22(31)20(25(26,27)28)13-29-24(34)35-14-19-17-10-6-4-8-15(17)16-9-5-7-11-18(16)19/h4-11,19-21H,2-3,12-14H2,1H3,(H,29,34)(H,30,31)(H,32,33)/t20?,21-/m0/s1. The lowest BCUT2D eigenvalue weighted by Crippen LogP contribution is -2.50. The molecule has 0 radical (unpaired) electrons. The Labute approximate surface area is 200 Å². The number of halogens is 3. The molecular weight excluding hydrogens is 465 g/mol. The van der Waals surface area contributed by atoms with Crippen molar-refractivity contribution in [3.05, 3.63) is 59.7 Å². The second kappa shape index (κ2) is 11.2. The summed E-state index contributed by atoms with van der Waals surface area (Å²) in [5, 5.41) is 13.1. The molecular formula is C25H27F3N2O5. The first-order valence-electron chi connectivity index (χ1n) is 11.3. The second-order valence-electron chi connectivity index (χ2n) is 8.34. The number of unbranched alkanes of at least 4 members (excludes halogenated alkanes) is 1. The average molecular weight is 492 g/mol. The van der Waals surface area contributed by atoms with E-state index in [2.05, 4.69) is 0 Å². The smallest absolute Gasteiger partial charge is 0.407 e. The molecule has 0 saturated carbocycles. The van der Waals surface area contributed by atoms with E-state index < -0.39 is 42.7 Å². The van der Waals surface area contributed by atoms with Gasteiger partial charge in [0.15, 0.2) is 5.92 Å². The molecule has 188 valence electrons. The highest BCUT2D eigenvalue weighted by atomic mass is 19.4. The van der Waals surface area contributed by atoms with E-state index >= 15 is 0 Å². The molecule has 0 bridgehead atoms. The molecule has 2 amide bonds. The predicted molar refractivity (Wildman–Crippen MR) is 122 cm³/mol. The van der Waals surface area contributed by atoms with Crippen molar-refractivity contribution in [2.24, 2.45) is 5.92 Å². The fourth-order valence-corrected chi connectivity index (χ4v) is 4.13. The molecule has 2 atom stereocenters. The first-order valence-corrected chi connectivity index (χ1v) is 11.3. The summed E-state index contributed by atoms with van der Waals surface area (Å²) in [5.74, 6) is -5.83. The minimum absolute atomic E-state index is 0.00194. The van der Waals surface area contributed by atoms with Crippen molar-refractivity contribution < 1.29 is 37.4 Å².